The lowest BCUT2D eigenvalue weighted by Crippen LogP contribution is -2.17. The Kier molecular flexibility index (Phi) is 4.76. The highest BCUT2D eigenvalue weighted by Gasteiger charge is 2.32. The van der Waals surface area contributed by atoms with Crippen LogP contribution in [-0.2, 0) is 6.54 Å². The van der Waals surface area contributed by atoms with Crippen molar-refractivity contribution >= 4 is 0 Å². The first-order valence-electron chi connectivity index (χ1n) is 6.91. The predicted molar refractivity (Wildman–Crippen MR) is 80.8 cm³/mol. The topological polar surface area (TPSA) is 21.3 Å². The fraction of sp³-hybridized carbons (Fsp3) is 0.294. The van der Waals surface area contributed by atoms with E-state index in [1.54, 1.807) is 12.1 Å². The van der Waals surface area contributed by atoms with Gasteiger partial charge in [0, 0.05) is 12.1 Å². The molecule has 118 valence electrons. The Morgan fingerprint density at radius 3 is 2.18 bits per heavy atom. The van der Waals surface area contributed by atoms with E-state index in [1.165, 1.54) is 12.1 Å². The zero-order valence-electron chi connectivity index (χ0n) is 12.7. The van der Waals surface area contributed by atoms with E-state index in [0.717, 1.165) is 28.8 Å². The number of hydrogen-bond donors (Lipinski definition) is 1. The lowest BCUT2D eigenvalue weighted by molar-refractivity contribution is -0.274. The number of hydrogen-bond acceptors (Lipinski definition) is 2. The Bertz CT molecular complexity index is 642. The number of rotatable bonds is 4. The lowest BCUT2D eigenvalue weighted by atomic mass is 9.95. The number of halogens is 3. The van der Waals surface area contributed by atoms with Gasteiger partial charge in [0.25, 0.3) is 0 Å². The van der Waals surface area contributed by atoms with E-state index in [0.29, 0.717) is 5.56 Å². The SMILES string of the molecule is CNCc1c(C)cc(-c2ccccc2OC(F)(F)F)cc1C. The van der Waals surface area contributed by atoms with Gasteiger partial charge in [-0.25, -0.2) is 0 Å². The van der Waals surface area contributed by atoms with Gasteiger partial charge in [0.15, 0.2) is 0 Å². The molecule has 0 aromatic heterocycles. The van der Waals surface area contributed by atoms with Gasteiger partial charge in [-0.3, -0.25) is 0 Å². The minimum absolute atomic E-state index is 0.185. The van der Waals surface area contributed by atoms with Gasteiger partial charge in [-0.1, -0.05) is 30.3 Å². The molecule has 0 unspecified atom stereocenters. The summed E-state index contributed by atoms with van der Waals surface area (Å²) in [4.78, 5) is 0. The molecule has 0 aliphatic heterocycles. The third-order valence-corrected chi connectivity index (χ3v) is 3.47. The lowest BCUT2D eigenvalue weighted by Gasteiger charge is -2.16. The second-order valence-corrected chi connectivity index (χ2v) is 5.16. The number of nitrogens with one attached hydrogen (secondary N) is 1. The molecular weight excluding hydrogens is 291 g/mol. The normalized spacial score (nSPS) is 11.5. The first-order chi connectivity index (χ1) is 10.3. The molecule has 0 amide bonds. The predicted octanol–water partition coefficient (Wildman–Crippen LogP) is 4.59. The summed E-state index contributed by atoms with van der Waals surface area (Å²) in [5.74, 6) is -0.185. The zero-order chi connectivity index (χ0) is 16.3. The highest BCUT2D eigenvalue weighted by atomic mass is 19.4. The molecule has 0 fully saturated rings. The first kappa shape index (κ1) is 16.4. The van der Waals surface area contributed by atoms with E-state index >= 15 is 0 Å². The number of benzene rings is 2. The molecule has 0 saturated carbocycles. The average molecular weight is 309 g/mol. The molecule has 0 heterocycles. The standard InChI is InChI=1S/C17H18F3NO/c1-11-8-13(9-12(2)15(11)10-21-3)14-6-4-5-7-16(14)22-17(18,19)20/h4-9,21H,10H2,1-3H3. The highest BCUT2D eigenvalue weighted by molar-refractivity contribution is 5.72. The molecule has 0 spiro atoms. The number of para-hydroxylation sites is 1. The highest BCUT2D eigenvalue weighted by Crippen LogP contribution is 2.35. The Balaban J connectivity index is 2.49. The largest absolute Gasteiger partial charge is 0.573 e. The minimum Gasteiger partial charge on any atom is -0.405 e. The van der Waals surface area contributed by atoms with E-state index in [9.17, 15) is 13.2 Å². The second-order valence-electron chi connectivity index (χ2n) is 5.16. The van der Waals surface area contributed by atoms with Crippen molar-refractivity contribution in [3.05, 3.63) is 53.1 Å². The summed E-state index contributed by atoms with van der Waals surface area (Å²) in [6, 6.07) is 9.96. The van der Waals surface area contributed by atoms with Crippen molar-refractivity contribution in [1.82, 2.24) is 5.32 Å². The Morgan fingerprint density at radius 1 is 1.05 bits per heavy atom. The fourth-order valence-electron chi connectivity index (χ4n) is 2.52. The molecule has 0 radical (unpaired) electrons. The fourth-order valence-corrected chi connectivity index (χ4v) is 2.52. The van der Waals surface area contributed by atoms with E-state index in [4.69, 9.17) is 0 Å². The van der Waals surface area contributed by atoms with Gasteiger partial charge in [0.2, 0.25) is 0 Å². The van der Waals surface area contributed by atoms with E-state index in [2.05, 4.69) is 10.1 Å². The number of ether oxygens (including phenoxy) is 1. The summed E-state index contributed by atoms with van der Waals surface area (Å²) in [5.41, 5.74) is 4.37. The number of alkyl halides is 3. The van der Waals surface area contributed by atoms with Crippen molar-refractivity contribution in [2.45, 2.75) is 26.8 Å². The van der Waals surface area contributed by atoms with Crippen LogP contribution in [-0.4, -0.2) is 13.4 Å². The van der Waals surface area contributed by atoms with Crippen LogP contribution in [0.4, 0.5) is 13.2 Å². The average Bonchev–Trinajstić information content (AvgIpc) is 2.41. The second kappa shape index (κ2) is 6.40. The van der Waals surface area contributed by atoms with Crippen LogP contribution < -0.4 is 10.1 Å². The van der Waals surface area contributed by atoms with Crippen LogP contribution in [0.15, 0.2) is 36.4 Å². The minimum atomic E-state index is -4.70. The van der Waals surface area contributed by atoms with Crippen LogP contribution in [0.3, 0.4) is 0 Å². The van der Waals surface area contributed by atoms with Crippen molar-refractivity contribution in [2.75, 3.05) is 7.05 Å². The molecule has 0 saturated heterocycles. The summed E-state index contributed by atoms with van der Waals surface area (Å²) >= 11 is 0. The molecule has 2 rings (SSSR count). The summed E-state index contributed by atoms with van der Waals surface area (Å²) < 4.78 is 41.7. The van der Waals surface area contributed by atoms with Crippen molar-refractivity contribution in [1.29, 1.82) is 0 Å². The summed E-state index contributed by atoms with van der Waals surface area (Å²) in [5, 5.41) is 3.09. The molecule has 5 heteroatoms. The van der Waals surface area contributed by atoms with Crippen LogP contribution >= 0.6 is 0 Å². The molecule has 0 aliphatic carbocycles. The summed E-state index contributed by atoms with van der Waals surface area (Å²) in [6.45, 7) is 4.63. The number of aryl methyl sites for hydroxylation is 2. The molecule has 2 nitrogen and oxygen atoms in total. The zero-order valence-corrected chi connectivity index (χ0v) is 12.7. The van der Waals surface area contributed by atoms with Gasteiger partial charge >= 0.3 is 6.36 Å². The molecule has 0 bridgehead atoms. The van der Waals surface area contributed by atoms with Gasteiger partial charge in [-0.2, -0.15) is 0 Å². The monoisotopic (exact) mass is 309 g/mol. The molecule has 1 N–H and O–H groups in total. The smallest absolute Gasteiger partial charge is 0.405 e. The maximum atomic E-state index is 12.5. The quantitative estimate of drug-likeness (QED) is 0.892. The van der Waals surface area contributed by atoms with Crippen molar-refractivity contribution < 1.29 is 17.9 Å². The third-order valence-electron chi connectivity index (χ3n) is 3.47. The Hall–Kier alpha value is -2.01. The van der Waals surface area contributed by atoms with E-state index < -0.39 is 6.36 Å². The van der Waals surface area contributed by atoms with Crippen molar-refractivity contribution in [3.8, 4) is 16.9 Å². The van der Waals surface area contributed by atoms with E-state index in [-0.39, 0.29) is 5.75 Å². The van der Waals surface area contributed by atoms with E-state index in [1.807, 2.05) is 33.0 Å². The van der Waals surface area contributed by atoms with Crippen molar-refractivity contribution in [3.63, 3.8) is 0 Å². The van der Waals surface area contributed by atoms with Gasteiger partial charge in [0.05, 0.1) is 0 Å². The molecule has 0 atom stereocenters. The van der Waals surface area contributed by atoms with Crippen LogP contribution in [0.2, 0.25) is 0 Å². The maximum Gasteiger partial charge on any atom is 0.573 e. The first-order valence-corrected chi connectivity index (χ1v) is 6.91. The Morgan fingerprint density at radius 2 is 1.64 bits per heavy atom. The van der Waals surface area contributed by atoms with Crippen molar-refractivity contribution in [2.24, 2.45) is 0 Å². The Labute approximate surface area is 127 Å². The maximum absolute atomic E-state index is 12.5. The van der Waals surface area contributed by atoms with Crippen LogP contribution in [0.5, 0.6) is 5.75 Å². The summed E-state index contributed by atoms with van der Waals surface area (Å²) in [7, 11) is 1.86. The molecule has 2 aromatic rings. The van der Waals surface area contributed by atoms with Gasteiger partial charge in [-0.15, -0.1) is 13.2 Å². The molecule has 22 heavy (non-hydrogen) atoms. The third kappa shape index (κ3) is 3.80. The summed E-state index contributed by atoms with van der Waals surface area (Å²) in [6.07, 6.45) is -4.70. The van der Waals surface area contributed by atoms with Gasteiger partial charge in [-0.05, 0) is 49.2 Å². The van der Waals surface area contributed by atoms with Gasteiger partial charge < -0.3 is 10.1 Å². The van der Waals surface area contributed by atoms with Crippen LogP contribution in [0, 0.1) is 13.8 Å². The molecule has 2 aromatic carbocycles. The van der Waals surface area contributed by atoms with Crippen LogP contribution in [0.1, 0.15) is 16.7 Å². The van der Waals surface area contributed by atoms with Gasteiger partial charge in [0.1, 0.15) is 5.75 Å². The molecular formula is C17H18F3NO. The van der Waals surface area contributed by atoms with Crippen LogP contribution in [0.25, 0.3) is 11.1 Å². The molecule has 0 aliphatic rings.